The summed E-state index contributed by atoms with van der Waals surface area (Å²) in [6.45, 7) is 5.07. The van der Waals surface area contributed by atoms with Gasteiger partial charge in [0, 0.05) is 34.5 Å². The predicted octanol–water partition coefficient (Wildman–Crippen LogP) is 4.50. The van der Waals surface area contributed by atoms with Gasteiger partial charge in [-0.05, 0) is 42.3 Å². The Morgan fingerprint density at radius 3 is 2.62 bits per heavy atom. The van der Waals surface area contributed by atoms with Crippen molar-refractivity contribution in [3.8, 4) is 0 Å². The maximum absolute atomic E-state index is 12.3. The molecular weight excluding hydrogens is 344 g/mol. The number of benzene rings is 2. The summed E-state index contributed by atoms with van der Waals surface area (Å²) in [7, 11) is 0. The van der Waals surface area contributed by atoms with E-state index in [2.05, 4.69) is 31.3 Å². The minimum Gasteiger partial charge on any atom is -0.326 e. The van der Waals surface area contributed by atoms with Crippen LogP contribution in [0.15, 0.2) is 53.4 Å². The number of carbonyl (C=O) groups excluding carboxylic acids is 2. The summed E-state index contributed by atoms with van der Waals surface area (Å²) in [4.78, 5) is 27.2. The van der Waals surface area contributed by atoms with Crippen molar-refractivity contribution in [2.45, 2.75) is 43.3 Å². The summed E-state index contributed by atoms with van der Waals surface area (Å²) in [6.07, 6.45) is 1.82. The standard InChI is InChI=1S/C21H24N2O2S/c1-15(2)26-19-10-8-16(9-11-19)13-20(24)22-17-5-3-6-18(14-17)23-12-4-7-21(23)25/h3,5-6,8-11,14-15H,4,7,12-13H2,1-2H3,(H,22,24). The number of nitrogens with one attached hydrogen (secondary N) is 1. The number of rotatable bonds is 6. The first kappa shape index (κ1) is 18.5. The van der Waals surface area contributed by atoms with E-state index in [9.17, 15) is 9.59 Å². The molecule has 2 aromatic rings. The molecule has 1 fully saturated rings. The van der Waals surface area contributed by atoms with Crippen LogP contribution in [0, 0.1) is 0 Å². The summed E-state index contributed by atoms with van der Waals surface area (Å²) >= 11 is 1.81. The quantitative estimate of drug-likeness (QED) is 0.764. The van der Waals surface area contributed by atoms with Gasteiger partial charge in [-0.1, -0.05) is 32.0 Å². The predicted molar refractivity (Wildman–Crippen MR) is 108 cm³/mol. The highest BCUT2D eigenvalue weighted by molar-refractivity contribution is 7.99. The van der Waals surface area contributed by atoms with Crippen LogP contribution in [0.25, 0.3) is 0 Å². The molecule has 2 aromatic carbocycles. The van der Waals surface area contributed by atoms with Crippen LogP contribution in [0.2, 0.25) is 0 Å². The van der Waals surface area contributed by atoms with E-state index in [1.165, 1.54) is 4.90 Å². The summed E-state index contributed by atoms with van der Waals surface area (Å²) in [5.74, 6) is 0.0898. The molecule has 5 heteroatoms. The highest BCUT2D eigenvalue weighted by atomic mass is 32.2. The first-order valence-corrected chi connectivity index (χ1v) is 9.85. The third-order valence-corrected chi connectivity index (χ3v) is 5.19. The molecular formula is C21H24N2O2S. The van der Waals surface area contributed by atoms with E-state index >= 15 is 0 Å². The molecule has 0 saturated carbocycles. The van der Waals surface area contributed by atoms with E-state index < -0.39 is 0 Å². The van der Waals surface area contributed by atoms with Crippen molar-refractivity contribution in [1.82, 2.24) is 0 Å². The van der Waals surface area contributed by atoms with Gasteiger partial charge >= 0.3 is 0 Å². The molecule has 0 radical (unpaired) electrons. The minimum atomic E-state index is -0.0563. The van der Waals surface area contributed by atoms with Crippen LogP contribution in [0.4, 0.5) is 11.4 Å². The number of thioether (sulfide) groups is 1. The minimum absolute atomic E-state index is 0.0563. The lowest BCUT2D eigenvalue weighted by atomic mass is 10.1. The number of hydrogen-bond donors (Lipinski definition) is 1. The zero-order chi connectivity index (χ0) is 18.5. The fourth-order valence-corrected chi connectivity index (χ4v) is 3.86. The number of anilines is 2. The zero-order valence-electron chi connectivity index (χ0n) is 15.2. The van der Waals surface area contributed by atoms with E-state index in [0.29, 0.717) is 18.1 Å². The van der Waals surface area contributed by atoms with Gasteiger partial charge < -0.3 is 10.2 Å². The lowest BCUT2D eigenvalue weighted by Crippen LogP contribution is -2.23. The maximum Gasteiger partial charge on any atom is 0.228 e. The Balaban J connectivity index is 1.60. The fraction of sp³-hybridized carbons (Fsp3) is 0.333. The molecule has 0 unspecified atom stereocenters. The van der Waals surface area contributed by atoms with Gasteiger partial charge in [0.25, 0.3) is 0 Å². The molecule has 1 N–H and O–H groups in total. The monoisotopic (exact) mass is 368 g/mol. The maximum atomic E-state index is 12.3. The third kappa shape index (κ3) is 4.88. The third-order valence-electron chi connectivity index (χ3n) is 4.17. The lowest BCUT2D eigenvalue weighted by Gasteiger charge is -2.16. The largest absolute Gasteiger partial charge is 0.326 e. The van der Waals surface area contributed by atoms with Crippen LogP contribution in [0.1, 0.15) is 32.3 Å². The number of carbonyl (C=O) groups is 2. The topological polar surface area (TPSA) is 49.4 Å². The van der Waals surface area contributed by atoms with Crippen molar-refractivity contribution < 1.29 is 9.59 Å². The van der Waals surface area contributed by atoms with Crippen LogP contribution in [0.3, 0.4) is 0 Å². The second kappa shape index (κ2) is 8.41. The first-order chi connectivity index (χ1) is 12.5. The number of hydrogen-bond acceptors (Lipinski definition) is 3. The molecule has 1 aliphatic heterocycles. The highest BCUT2D eigenvalue weighted by Crippen LogP contribution is 2.25. The molecule has 1 saturated heterocycles. The molecule has 4 nitrogen and oxygen atoms in total. The summed E-state index contributed by atoms with van der Waals surface area (Å²) in [6, 6.07) is 15.6. The average Bonchev–Trinajstić information content (AvgIpc) is 3.02. The molecule has 0 aromatic heterocycles. The zero-order valence-corrected chi connectivity index (χ0v) is 16.0. The summed E-state index contributed by atoms with van der Waals surface area (Å²) in [5.41, 5.74) is 2.56. The first-order valence-electron chi connectivity index (χ1n) is 8.97. The van der Waals surface area contributed by atoms with Crippen LogP contribution in [0.5, 0.6) is 0 Å². The van der Waals surface area contributed by atoms with Crippen molar-refractivity contribution in [2.75, 3.05) is 16.8 Å². The van der Waals surface area contributed by atoms with Crippen molar-refractivity contribution in [3.63, 3.8) is 0 Å². The number of amides is 2. The molecule has 0 aliphatic carbocycles. The van der Waals surface area contributed by atoms with E-state index in [-0.39, 0.29) is 11.8 Å². The molecule has 3 rings (SSSR count). The van der Waals surface area contributed by atoms with Gasteiger partial charge in [-0.2, -0.15) is 0 Å². The van der Waals surface area contributed by atoms with Gasteiger partial charge in [0.15, 0.2) is 0 Å². The lowest BCUT2D eigenvalue weighted by molar-refractivity contribution is -0.117. The molecule has 1 heterocycles. The van der Waals surface area contributed by atoms with E-state index in [4.69, 9.17) is 0 Å². The SMILES string of the molecule is CC(C)Sc1ccc(CC(=O)Nc2cccc(N3CCCC3=O)c2)cc1. The van der Waals surface area contributed by atoms with Gasteiger partial charge in [0.2, 0.25) is 11.8 Å². The molecule has 26 heavy (non-hydrogen) atoms. The van der Waals surface area contributed by atoms with E-state index in [1.54, 1.807) is 4.90 Å². The van der Waals surface area contributed by atoms with Crippen molar-refractivity contribution in [1.29, 1.82) is 0 Å². The Morgan fingerprint density at radius 1 is 1.19 bits per heavy atom. The Labute approximate surface area is 159 Å². The average molecular weight is 369 g/mol. The van der Waals surface area contributed by atoms with Crippen LogP contribution in [-0.4, -0.2) is 23.6 Å². The van der Waals surface area contributed by atoms with Crippen molar-refractivity contribution in [2.24, 2.45) is 0 Å². The second-order valence-electron chi connectivity index (χ2n) is 6.73. The van der Waals surface area contributed by atoms with Gasteiger partial charge in [0.05, 0.1) is 6.42 Å². The molecule has 0 bridgehead atoms. The van der Waals surface area contributed by atoms with Crippen molar-refractivity contribution >= 4 is 35.0 Å². The molecule has 0 spiro atoms. The van der Waals surface area contributed by atoms with Crippen LogP contribution >= 0.6 is 11.8 Å². The van der Waals surface area contributed by atoms with Gasteiger partial charge in [-0.15, -0.1) is 11.8 Å². The second-order valence-corrected chi connectivity index (χ2v) is 8.38. The summed E-state index contributed by atoms with van der Waals surface area (Å²) < 4.78 is 0. The molecule has 0 atom stereocenters. The normalized spacial score (nSPS) is 14.1. The Morgan fingerprint density at radius 2 is 1.96 bits per heavy atom. The van der Waals surface area contributed by atoms with Gasteiger partial charge in [-0.25, -0.2) is 0 Å². The smallest absolute Gasteiger partial charge is 0.228 e. The fourth-order valence-electron chi connectivity index (χ4n) is 3.02. The Bertz CT molecular complexity index is 787. The summed E-state index contributed by atoms with van der Waals surface area (Å²) in [5, 5.41) is 3.47. The molecule has 136 valence electrons. The Hall–Kier alpha value is -2.27. The highest BCUT2D eigenvalue weighted by Gasteiger charge is 2.21. The van der Waals surface area contributed by atoms with Crippen molar-refractivity contribution in [3.05, 3.63) is 54.1 Å². The number of nitrogens with zero attached hydrogens (tertiary/aromatic N) is 1. The van der Waals surface area contributed by atoms with Gasteiger partial charge in [0.1, 0.15) is 0 Å². The van der Waals surface area contributed by atoms with E-state index in [0.717, 1.165) is 29.9 Å². The molecule has 1 aliphatic rings. The molecule has 2 amide bonds. The Kier molecular flexibility index (Phi) is 5.99. The van der Waals surface area contributed by atoms with Gasteiger partial charge in [-0.3, -0.25) is 9.59 Å². The van der Waals surface area contributed by atoms with E-state index in [1.807, 2.05) is 48.2 Å². The van der Waals surface area contributed by atoms with Crippen LogP contribution in [-0.2, 0) is 16.0 Å². The van der Waals surface area contributed by atoms with Crippen LogP contribution < -0.4 is 10.2 Å².